The van der Waals surface area contributed by atoms with Crippen molar-refractivity contribution in [1.29, 1.82) is 0 Å². The minimum atomic E-state index is -2.68. The molecule has 2 heterocycles. The van der Waals surface area contributed by atoms with Crippen molar-refractivity contribution in [2.45, 2.75) is 52.2 Å². The van der Waals surface area contributed by atoms with Crippen molar-refractivity contribution < 1.29 is 18.1 Å². The molecule has 1 aromatic rings. The van der Waals surface area contributed by atoms with Gasteiger partial charge in [0.05, 0.1) is 11.2 Å². The van der Waals surface area contributed by atoms with Gasteiger partial charge in [-0.15, -0.1) is 0 Å². The smallest absolute Gasteiger partial charge is 0.399 e. The third-order valence-corrected chi connectivity index (χ3v) is 3.68. The highest BCUT2D eigenvalue weighted by atomic mass is 19.3. The maximum absolute atomic E-state index is 13.0. The van der Waals surface area contributed by atoms with Crippen molar-refractivity contribution in [1.82, 2.24) is 9.97 Å². The summed E-state index contributed by atoms with van der Waals surface area (Å²) >= 11 is 0. The van der Waals surface area contributed by atoms with Crippen LogP contribution in [0.15, 0.2) is 6.20 Å². The first-order chi connectivity index (χ1) is 8.64. The van der Waals surface area contributed by atoms with Crippen molar-refractivity contribution in [3.8, 4) is 0 Å². The molecule has 0 N–H and O–H groups in total. The summed E-state index contributed by atoms with van der Waals surface area (Å²) in [5, 5.41) is 0. The Balaban J connectivity index is 2.39. The largest absolute Gasteiger partial charge is 0.498 e. The van der Waals surface area contributed by atoms with Gasteiger partial charge in [-0.2, -0.15) is 0 Å². The van der Waals surface area contributed by atoms with Gasteiger partial charge in [-0.25, -0.2) is 18.7 Å². The Kier molecular flexibility index (Phi) is 3.39. The lowest BCUT2D eigenvalue weighted by atomic mass is 9.79. The van der Waals surface area contributed by atoms with Crippen LogP contribution < -0.4 is 5.46 Å². The van der Waals surface area contributed by atoms with Crippen LogP contribution in [0.1, 0.15) is 45.6 Å². The van der Waals surface area contributed by atoms with Crippen LogP contribution in [0.25, 0.3) is 0 Å². The Morgan fingerprint density at radius 1 is 1.16 bits per heavy atom. The van der Waals surface area contributed by atoms with Crippen molar-refractivity contribution >= 4 is 12.6 Å². The van der Waals surface area contributed by atoms with Gasteiger partial charge in [-0.3, -0.25) is 0 Å². The molecule has 104 valence electrons. The van der Waals surface area contributed by atoms with Crippen molar-refractivity contribution in [2.24, 2.45) is 0 Å². The van der Waals surface area contributed by atoms with E-state index in [9.17, 15) is 8.78 Å². The van der Waals surface area contributed by atoms with Crippen LogP contribution in [-0.2, 0) is 9.31 Å². The Labute approximate surface area is 111 Å². The second kappa shape index (κ2) is 4.49. The predicted molar refractivity (Wildman–Crippen MR) is 67.4 cm³/mol. The molecule has 2 rings (SSSR count). The first-order valence-corrected chi connectivity index (χ1v) is 6.11. The van der Waals surface area contributed by atoms with Gasteiger partial charge in [0.1, 0.15) is 11.5 Å². The number of aryl methyl sites for hydroxylation is 1. The Morgan fingerprint density at radius 3 is 2.16 bits per heavy atom. The highest BCUT2D eigenvalue weighted by Crippen LogP contribution is 2.36. The van der Waals surface area contributed by atoms with Crippen LogP contribution in [-0.4, -0.2) is 28.3 Å². The van der Waals surface area contributed by atoms with Crippen molar-refractivity contribution in [3.63, 3.8) is 0 Å². The number of halogens is 2. The van der Waals surface area contributed by atoms with Gasteiger partial charge in [-0.05, 0) is 34.6 Å². The van der Waals surface area contributed by atoms with Crippen LogP contribution in [0.4, 0.5) is 8.78 Å². The van der Waals surface area contributed by atoms with E-state index in [-0.39, 0.29) is 11.2 Å². The molecule has 1 aliphatic rings. The molecule has 0 atom stereocenters. The van der Waals surface area contributed by atoms with E-state index in [4.69, 9.17) is 9.31 Å². The molecular weight excluding hydrogens is 253 g/mol. The molecule has 0 radical (unpaired) electrons. The van der Waals surface area contributed by atoms with Crippen LogP contribution in [0.2, 0.25) is 0 Å². The summed E-state index contributed by atoms with van der Waals surface area (Å²) in [6.45, 7) is 9.03. The second-order valence-corrected chi connectivity index (χ2v) is 5.65. The molecule has 0 saturated carbocycles. The third kappa shape index (κ3) is 2.49. The summed E-state index contributed by atoms with van der Waals surface area (Å²) in [5.74, 6) is 0.301. The first kappa shape index (κ1) is 14.3. The molecule has 19 heavy (non-hydrogen) atoms. The summed E-state index contributed by atoms with van der Waals surface area (Å²) in [7, 11) is -0.866. The maximum Gasteiger partial charge on any atom is 0.498 e. The normalized spacial score (nSPS) is 21.2. The Morgan fingerprint density at radius 2 is 1.68 bits per heavy atom. The van der Waals surface area contributed by atoms with Gasteiger partial charge in [0.15, 0.2) is 0 Å². The molecule has 0 aromatic carbocycles. The summed E-state index contributed by atoms with van der Waals surface area (Å²) < 4.78 is 37.6. The Bertz CT molecular complexity index is 479. The molecule has 0 aliphatic carbocycles. The second-order valence-electron chi connectivity index (χ2n) is 5.65. The van der Waals surface area contributed by atoms with E-state index in [0.29, 0.717) is 5.82 Å². The minimum absolute atomic E-state index is 0.194. The molecule has 0 amide bonds. The summed E-state index contributed by atoms with van der Waals surface area (Å²) in [6.07, 6.45) is -1.33. The fourth-order valence-electron chi connectivity index (χ4n) is 1.82. The summed E-state index contributed by atoms with van der Waals surface area (Å²) in [5.41, 5.74) is -1.30. The van der Waals surface area contributed by atoms with Crippen molar-refractivity contribution in [3.05, 3.63) is 17.7 Å². The molecule has 1 fully saturated rings. The number of aromatic nitrogens is 2. The van der Waals surface area contributed by atoms with Gasteiger partial charge < -0.3 is 9.31 Å². The van der Waals surface area contributed by atoms with E-state index in [1.54, 1.807) is 6.92 Å². The fraction of sp³-hybridized carbons (Fsp3) is 0.667. The highest BCUT2D eigenvalue weighted by Gasteiger charge is 2.52. The van der Waals surface area contributed by atoms with Crippen LogP contribution >= 0.6 is 0 Å². The maximum atomic E-state index is 13.0. The number of hydrogen-bond acceptors (Lipinski definition) is 4. The first-order valence-electron chi connectivity index (χ1n) is 6.11. The van der Waals surface area contributed by atoms with Gasteiger partial charge >= 0.3 is 7.12 Å². The minimum Gasteiger partial charge on any atom is -0.399 e. The lowest BCUT2D eigenvalue weighted by Gasteiger charge is -2.32. The molecule has 0 unspecified atom stereocenters. The Hall–Kier alpha value is -1.08. The molecule has 1 aromatic heterocycles. The summed E-state index contributed by atoms with van der Waals surface area (Å²) in [6, 6.07) is 0. The van der Waals surface area contributed by atoms with E-state index in [1.807, 2.05) is 27.7 Å². The zero-order valence-corrected chi connectivity index (χ0v) is 11.7. The topological polar surface area (TPSA) is 44.2 Å². The molecule has 1 aliphatic heterocycles. The lowest BCUT2D eigenvalue weighted by Crippen LogP contribution is -2.41. The predicted octanol–water partition coefficient (Wildman–Crippen LogP) is 2.02. The average Bonchev–Trinajstić information content (AvgIpc) is 2.47. The van der Waals surface area contributed by atoms with Crippen LogP contribution in [0.5, 0.6) is 0 Å². The molecule has 0 spiro atoms. The third-order valence-electron chi connectivity index (χ3n) is 3.68. The van der Waals surface area contributed by atoms with E-state index >= 15 is 0 Å². The monoisotopic (exact) mass is 270 g/mol. The van der Waals surface area contributed by atoms with Crippen LogP contribution in [0, 0.1) is 6.92 Å². The molecular formula is C12H17BF2N2O2. The standard InChI is InChI=1S/C12H17BF2N2O2/c1-7-16-6-8(9(17-7)10(14)15)13-18-11(2,3)12(4,5)19-13/h6,10H,1-5H3. The number of rotatable bonds is 2. The molecule has 1 saturated heterocycles. The quantitative estimate of drug-likeness (QED) is 0.771. The summed E-state index contributed by atoms with van der Waals surface area (Å²) in [4.78, 5) is 7.75. The number of nitrogens with zero attached hydrogens (tertiary/aromatic N) is 2. The van der Waals surface area contributed by atoms with E-state index < -0.39 is 24.7 Å². The van der Waals surface area contributed by atoms with Gasteiger partial charge in [0.2, 0.25) is 0 Å². The van der Waals surface area contributed by atoms with Gasteiger partial charge in [-0.1, -0.05) is 0 Å². The molecule has 7 heteroatoms. The molecule has 4 nitrogen and oxygen atoms in total. The SMILES string of the molecule is Cc1ncc(B2OC(C)(C)C(C)(C)O2)c(C(F)F)n1. The van der Waals surface area contributed by atoms with E-state index in [2.05, 4.69) is 9.97 Å². The molecule has 0 bridgehead atoms. The van der Waals surface area contributed by atoms with Gasteiger partial charge in [0, 0.05) is 11.7 Å². The average molecular weight is 270 g/mol. The van der Waals surface area contributed by atoms with E-state index in [0.717, 1.165) is 0 Å². The zero-order chi connectivity index (χ0) is 14.4. The fourth-order valence-corrected chi connectivity index (χ4v) is 1.82. The highest BCUT2D eigenvalue weighted by molar-refractivity contribution is 6.62. The van der Waals surface area contributed by atoms with Crippen LogP contribution in [0.3, 0.4) is 0 Å². The van der Waals surface area contributed by atoms with Gasteiger partial charge in [0.25, 0.3) is 6.43 Å². The zero-order valence-electron chi connectivity index (χ0n) is 11.7. The number of alkyl halides is 2. The van der Waals surface area contributed by atoms with E-state index in [1.165, 1.54) is 6.20 Å². The van der Waals surface area contributed by atoms with Crippen molar-refractivity contribution in [2.75, 3.05) is 0 Å². The number of hydrogen-bond donors (Lipinski definition) is 0. The lowest BCUT2D eigenvalue weighted by molar-refractivity contribution is 0.00578.